The molecule has 1 N–H and O–H groups in total. The predicted octanol–water partition coefficient (Wildman–Crippen LogP) is 4.64. The molecular formula is C19H32O. The van der Waals surface area contributed by atoms with Gasteiger partial charge in [0.15, 0.2) is 0 Å². The van der Waals surface area contributed by atoms with E-state index in [1.807, 2.05) is 0 Å². The van der Waals surface area contributed by atoms with Crippen LogP contribution in [-0.2, 0) is 0 Å². The number of fused-ring (bicyclic) bond motifs is 5. The van der Waals surface area contributed by atoms with Crippen molar-refractivity contribution >= 4 is 0 Å². The summed E-state index contributed by atoms with van der Waals surface area (Å²) in [5.74, 6) is 5.13. The molecule has 0 aromatic rings. The molecule has 0 aromatic heterocycles. The highest BCUT2D eigenvalue weighted by molar-refractivity contribution is 5.04. The maximum absolute atomic E-state index is 10.8. The van der Waals surface area contributed by atoms with Crippen LogP contribution in [0.3, 0.4) is 0 Å². The molecule has 8 atom stereocenters. The van der Waals surface area contributed by atoms with Crippen LogP contribution in [0.25, 0.3) is 0 Å². The van der Waals surface area contributed by atoms with Crippen LogP contribution in [0.1, 0.15) is 71.6 Å². The quantitative estimate of drug-likeness (QED) is 0.683. The Morgan fingerprint density at radius 2 is 1.65 bits per heavy atom. The van der Waals surface area contributed by atoms with Gasteiger partial charge in [-0.2, -0.15) is 0 Å². The van der Waals surface area contributed by atoms with E-state index in [1.54, 1.807) is 0 Å². The van der Waals surface area contributed by atoms with Gasteiger partial charge in [-0.15, -0.1) is 0 Å². The zero-order chi connectivity index (χ0) is 13.9. The average Bonchev–Trinajstić information content (AvgIpc) is 2.81. The lowest BCUT2D eigenvalue weighted by molar-refractivity contribution is -0.111. The zero-order valence-electron chi connectivity index (χ0n) is 13.4. The van der Waals surface area contributed by atoms with Gasteiger partial charge in [0.1, 0.15) is 0 Å². The van der Waals surface area contributed by atoms with E-state index in [2.05, 4.69) is 13.8 Å². The van der Waals surface area contributed by atoms with Gasteiger partial charge in [0.05, 0.1) is 6.10 Å². The zero-order valence-corrected chi connectivity index (χ0v) is 13.4. The first-order valence-electron chi connectivity index (χ1n) is 9.26. The summed E-state index contributed by atoms with van der Waals surface area (Å²) in [6.45, 7) is 4.95. The lowest BCUT2D eigenvalue weighted by Crippen LogP contribution is -2.51. The second-order valence-corrected chi connectivity index (χ2v) is 9.07. The van der Waals surface area contributed by atoms with Crippen LogP contribution in [0.4, 0.5) is 0 Å². The topological polar surface area (TPSA) is 20.2 Å². The molecule has 0 amide bonds. The fraction of sp³-hybridized carbons (Fsp3) is 1.00. The third-order valence-corrected chi connectivity index (χ3v) is 8.05. The Balaban J connectivity index is 1.60. The molecular weight excluding hydrogens is 244 g/mol. The van der Waals surface area contributed by atoms with Gasteiger partial charge in [0.25, 0.3) is 0 Å². The fourth-order valence-corrected chi connectivity index (χ4v) is 7.06. The SMILES string of the molecule is CC1CCC2C3CCC4(C)CCCC4C3C[C@@H](O)C2C1. The number of rotatable bonds is 0. The minimum Gasteiger partial charge on any atom is -0.393 e. The summed E-state index contributed by atoms with van der Waals surface area (Å²) in [7, 11) is 0. The highest BCUT2D eigenvalue weighted by Gasteiger charge is 2.55. The van der Waals surface area contributed by atoms with E-state index in [1.165, 1.54) is 51.4 Å². The highest BCUT2D eigenvalue weighted by Crippen LogP contribution is 2.62. The molecule has 0 spiro atoms. The lowest BCUT2D eigenvalue weighted by atomic mass is 9.49. The molecule has 114 valence electrons. The van der Waals surface area contributed by atoms with Crippen molar-refractivity contribution in [3.63, 3.8) is 0 Å². The van der Waals surface area contributed by atoms with Crippen LogP contribution in [0.15, 0.2) is 0 Å². The molecule has 0 aliphatic heterocycles. The second kappa shape index (κ2) is 4.73. The molecule has 0 bridgehead atoms. The summed E-state index contributed by atoms with van der Waals surface area (Å²) in [6, 6.07) is 0. The molecule has 4 aliphatic rings. The van der Waals surface area contributed by atoms with Gasteiger partial charge in [-0.05, 0) is 85.9 Å². The first-order valence-corrected chi connectivity index (χ1v) is 9.26. The van der Waals surface area contributed by atoms with Crippen molar-refractivity contribution in [3.8, 4) is 0 Å². The standard InChI is InChI=1S/C19H32O/c1-12-5-6-13-14-7-9-19(2)8-3-4-17(19)15(14)11-18(20)16(13)10-12/h12-18,20H,3-11H2,1-2H3/t12?,13?,14?,15?,16?,17?,18-,19?/m1/s1. The summed E-state index contributed by atoms with van der Waals surface area (Å²) in [4.78, 5) is 0. The van der Waals surface area contributed by atoms with E-state index in [-0.39, 0.29) is 6.10 Å². The van der Waals surface area contributed by atoms with Gasteiger partial charge < -0.3 is 5.11 Å². The van der Waals surface area contributed by atoms with E-state index in [0.29, 0.717) is 11.3 Å². The van der Waals surface area contributed by atoms with E-state index >= 15 is 0 Å². The Hall–Kier alpha value is -0.0400. The fourth-order valence-electron chi connectivity index (χ4n) is 7.06. The predicted molar refractivity (Wildman–Crippen MR) is 82.3 cm³/mol. The molecule has 0 heterocycles. The van der Waals surface area contributed by atoms with E-state index in [9.17, 15) is 5.11 Å². The number of aliphatic hydroxyl groups excluding tert-OH is 1. The first-order chi connectivity index (χ1) is 9.58. The molecule has 1 nitrogen and oxygen atoms in total. The van der Waals surface area contributed by atoms with Crippen molar-refractivity contribution < 1.29 is 5.11 Å². The van der Waals surface area contributed by atoms with Crippen LogP contribution >= 0.6 is 0 Å². The maximum atomic E-state index is 10.8. The Labute approximate surface area is 124 Å². The summed E-state index contributed by atoms with van der Waals surface area (Å²) < 4.78 is 0. The molecule has 7 unspecified atom stereocenters. The molecule has 4 saturated carbocycles. The van der Waals surface area contributed by atoms with Crippen LogP contribution in [0.5, 0.6) is 0 Å². The Bertz CT molecular complexity index is 378. The molecule has 4 fully saturated rings. The van der Waals surface area contributed by atoms with Gasteiger partial charge in [-0.1, -0.05) is 26.7 Å². The Morgan fingerprint density at radius 3 is 2.50 bits per heavy atom. The molecule has 1 heteroatoms. The monoisotopic (exact) mass is 276 g/mol. The summed E-state index contributed by atoms with van der Waals surface area (Å²) >= 11 is 0. The van der Waals surface area contributed by atoms with Crippen LogP contribution in [0.2, 0.25) is 0 Å². The summed E-state index contributed by atoms with van der Waals surface area (Å²) in [6.07, 6.45) is 12.6. The minimum atomic E-state index is 0.0203. The van der Waals surface area contributed by atoms with Gasteiger partial charge >= 0.3 is 0 Å². The highest BCUT2D eigenvalue weighted by atomic mass is 16.3. The van der Waals surface area contributed by atoms with Crippen LogP contribution in [-0.4, -0.2) is 11.2 Å². The largest absolute Gasteiger partial charge is 0.393 e. The van der Waals surface area contributed by atoms with Crippen molar-refractivity contribution in [1.82, 2.24) is 0 Å². The van der Waals surface area contributed by atoms with Crippen LogP contribution < -0.4 is 0 Å². The van der Waals surface area contributed by atoms with E-state index < -0.39 is 0 Å². The third-order valence-electron chi connectivity index (χ3n) is 8.05. The first kappa shape index (κ1) is 13.6. The van der Waals surface area contributed by atoms with E-state index in [0.717, 1.165) is 36.0 Å². The summed E-state index contributed by atoms with van der Waals surface area (Å²) in [5.41, 5.74) is 0.635. The van der Waals surface area contributed by atoms with E-state index in [4.69, 9.17) is 0 Å². The van der Waals surface area contributed by atoms with Gasteiger partial charge in [-0.25, -0.2) is 0 Å². The number of hydrogen-bond acceptors (Lipinski definition) is 1. The van der Waals surface area contributed by atoms with Crippen molar-refractivity contribution in [3.05, 3.63) is 0 Å². The average molecular weight is 276 g/mol. The molecule has 0 radical (unpaired) electrons. The number of hydrogen-bond donors (Lipinski definition) is 1. The molecule has 4 rings (SSSR count). The normalized spacial score (nSPS) is 58.6. The van der Waals surface area contributed by atoms with Crippen molar-refractivity contribution in [2.45, 2.75) is 77.7 Å². The minimum absolute atomic E-state index is 0.0203. The smallest absolute Gasteiger partial charge is 0.0574 e. The Kier molecular flexibility index (Phi) is 3.22. The number of aliphatic hydroxyl groups is 1. The Morgan fingerprint density at radius 1 is 0.850 bits per heavy atom. The van der Waals surface area contributed by atoms with Crippen molar-refractivity contribution in [1.29, 1.82) is 0 Å². The lowest BCUT2D eigenvalue weighted by Gasteiger charge is -2.56. The third kappa shape index (κ3) is 1.91. The van der Waals surface area contributed by atoms with Crippen molar-refractivity contribution in [2.24, 2.45) is 40.9 Å². The molecule has 20 heavy (non-hydrogen) atoms. The molecule has 4 aliphatic carbocycles. The van der Waals surface area contributed by atoms with Gasteiger partial charge in [0.2, 0.25) is 0 Å². The summed E-state index contributed by atoms with van der Waals surface area (Å²) in [5, 5.41) is 10.8. The molecule has 0 aromatic carbocycles. The van der Waals surface area contributed by atoms with Crippen molar-refractivity contribution in [2.75, 3.05) is 0 Å². The second-order valence-electron chi connectivity index (χ2n) is 9.07. The maximum Gasteiger partial charge on any atom is 0.0574 e. The van der Waals surface area contributed by atoms with Gasteiger partial charge in [-0.3, -0.25) is 0 Å². The van der Waals surface area contributed by atoms with Crippen LogP contribution in [0, 0.1) is 40.9 Å². The van der Waals surface area contributed by atoms with Gasteiger partial charge in [0, 0.05) is 0 Å². The molecule has 0 saturated heterocycles.